The highest BCUT2D eigenvalue weighted by molar-refractivity contribution is 7.80. The van der Waals surface area contributed by atoms with E-state index in [1.54, 1.807) is 7.11 Å². The van der Waals surface area contributed by atoms with Crippen molar-refractivity contribution < 1.29 is 9.53 Å². The summed E-state index contributed by atoms with van der Waals surface area (Å²) in [6.07, 6.45) is 2.16. The maximum atomic E-state index is 12.3. The van der Waals surface area contributed by atoms with Crippen LogP contribution in [-0.4, -0.2) is 36.0 Å². The number of amides is 1. The summed E-state index contributed by atoms with van der Waals surface area (Å²) >= 11 is 5.01. The molecule has 1 fully saturated rings. The number of hydrogen-bond donors (Lipinski definition) is 1. The highest BCUT2D eigenvalue weighted by Gasteiger charge is 2.24. The zero-order chi connectivity index (χ0) is 14.5. The van der Waals surface area contributed by atoms with E-state index in [1.165, 1.54) is 0 Å². The molecule has 2 N–H and O–H groups in total. The van der Waals surface area contributed by atoms with Crippen molar-refractivity contribution in [1.29, 1.82) is 0 Å². The number of hydrogen-bond acceptors (Lipinski definition) is 3. The zero-order valence-corrected chi connectivity index (χ0v) is 12.5. The molecule has 2 rings (SSSR count). The molecule has 5 heteroatoms. The molecular weight excluding hydrogens is 272 g/mol. The van der Waals surface area contributed by atoms with Gasteiger partial charge in [-0.05, 0) is 30.5 Å². The molecule has 1 amide bonds. The standard InChI is InChI=1S/C15H20N2O2S/c1-19-13-4-2-3-11(9-13)10-14(18)17-7-5-12(6-8-17)15(16)20/h2-4,9,12H,5-8,10H2,1H3,(H2,16,20). The maximum Gasteiger partial charge on any atom is 0.226 e. The van der Waals surface area contributed by atoms with Gasteiger partial charge in [0, 0.05) is 19.0 Å². The first-order chi connectivity index (χ1) is 9.60. The predicted octanol–water partition coefficient (Wildman–Crippen LogP) is 1.76. The van der Waals surface area contributed by atoms with E-state index < -0.39 is 0 Å². The van der Waals surface area contributed by atoms with E-state index in [9.17, 15) is 4.79 Å². The van der Waals surface area contributed by atoms with E-state index in [-0.39, 0.29) is 11.8 Å². The number of ether oxygens (including phenoxy) is 1. The molecule has 0 spiro atoms. The number of nitrogens with zero attached hydrogens (tertiary/aromatic N) is 1. The summed E-state index contributed by atoms with van der Waals surface area (Å²) in [6, 6.07) is 7.63. The molecule has 0 unspecified atom stereocenters. The van der Waals surface area contributed by atoms with Crippen molar-refractivity contribution in [3.8, 4) is 5.75 Å². The first kappa shape index (κ1) is 14.8. The van der Waals surface area contributed by atoms with E-state index >= 15 is 0 Å². The lowest BCUT2D eigenvalue weighted by Crippen LogP contribution is -2.41. The van der Waals surface area contributed by atoms with Crippen molar-refractivity contribution in [2.24, 2.45) is 11.7 Å². The summed E-state index contributed by atoms with van der Waals surface area (Å²) in [4.78, 5) is 14.7. The lowest BCUT2D eigenvalue weighted by molar-refractivity contribution is -0.131. The molecule has 0 radical (unpaired) electrons. The third-order valence-electron chi connectivity index (χ3n) is 3.74. The molecule has 0 saturated carbocycles. The molecule has 20 heavy (non-hydrogen) atoms. The van der Waals surface area contributed by atoms with Crippen LogP contribution < -0.4 is 10.5 Å². The van der Waals surface area contributed by atoms with Crippen LogP contribution in [0.25, 0.3) is 0 Å². The first-order valence-electron chi connectivity index (χ1n) is 6.80. The third-order valence-corrected chi connectivity index (χ3v) is 4.07. The van der Waals surface area contributed by atoms with Crippen molar-refractivity contribution in [3.05, 3.63) is 29.8 Å². The number of carbonyl (C=O) groups excluding carboxylic acids is 1. The monoisotopic (exact) mass is 292 g/mol. The van der Waals surface area contributed by atoms with Crippen LogP contribution in [0.15, 0.2) is 24.3 Å². The van der Waals surface area contributed by atoms with Gasteiger partial charge in [0.1, 0.15) is 5.75 Å². The molecule has 1 heterocycles. The largest absolute Gasteiger partial charge is 0.497 e. The Bertz CT molecular complexity index is 496. The molecule has 0 atom stereocenters. The molecule has 1 aliphatic rings. The number of benzene rings is 1. The summed E-state index contributed by atoms with van der Waals surface area (Å²) < 4.78 is 5.17. The van der Waals surface area contributed by atoms with Crippen molar-refractivity contribution >= 4 is 23.1 Å². The quantitative estimate of drug-likeness (QED) is 0.859. The van der Waals surface area contributed by atoms with Gasteiger partial charge in [-0.2, -0.15) is 0 Å². The highest BCUT2D eigenvalue weighted by Crippen LogP contribution is 2.19. The second-order valence-corrected chi connectivity index (χ2v) is 5.56. The van der Waals surface area contributed by atoms with E-state index in [0.29, 0.717) is 11.4 Å². The fraction of sp³-hybridized carbons (Fsp3) is 0.467. The Morgan fingerprint density at radius 3 is 2.75 bits per heavy atom. The number of piperidine rings is 1. The van der Waals surface area contributed by atoms with E-state index in [4.69, 9.17) is 22.7 Å². The van der Waals surface area contributed by atoms with Gasteiger partial charge in [0.05, 0.1) is 18.5 Å². The Hall–Kier alpha value is -1.62. The van der Waals surface area contributed by atoms with Crippen molar-refractivity contribution in [2.45, 2.75) is 19.3 Å². The molecule has 4 nitrogen and oxygen atoms in total. The first-order valence-corrected chi connectivity index (χ1v) is 7.21. The van der Waals surface area contributed by atoms with Gasteiger partial charge in [-0.25, -0.2) is 0 Å². The van der Waals surface area contributed by atoms with Crippen LogP contribution in [0.4, 0.5) is 0 Å². The molecule has 0 bridgehead atoms. The van der Waals surface area contributed by atoms with Gasteiger partial charge < -0.3 is 15.4 Å². The van der Waals surface area contributed by atoms with Crippen LogP contribution in [-0.2, 0) is 11.2 Å². The van der Waals surface area contributed by atoms with Gasteiger partial charge in [0.2, 0.25) is 5.91 Å². The minimum Gasteiger partial charge on any atom is -0.497 e. The van der Waals surface area contributed by atoms with Crippen LogP contribution in [0.5, 0.6) is 5.75 Å². The number of likely N-dealkylation sites (tertiary alicyclic amines) is 1. The fourth-order valence-electron chi connectivity index (χ4n) is 2.48. The Balaban J connectivity index is 1.91. The van der Waals surface area contributed by atoms with Crippen LogP contribution in [0, 0.1) is 5.92 Å². The molecule has 1 aliphatic heterocycles. The normalized spacial score (nSPS) is 15.9. The second-order valence-electron chi connectivity index (χ2n) is 5.09. The van der Waals surface area contributed by atoms with Gasteiger partial charge in [0.15, 0.2) is 0 Å². The minimum atomic E-state index is 0.152. The van der Waals surface area contributed by atoms with E-state index in [1.807, 2.05) is 29.2 Å². The third kappa shape index (κ3) is 3.70. The molecule has 0 aromatic heterocycles. The summed E-state index contributed by atoms with van der Waals surface area (Å²) in [7, 11) is 1.63. The lowest BCUT2D eigenvalue weighted by Gasteiger charge is -2.31. The van der Waals surface area contributed by atoms with Crippen LogP contribution in [0.3, 0.4) is 0 Å². The highest BCUT2D eigenvalue weighted by atomic mass is 32.1. The van der Waals surface area contributed by atoms with Gasteiger partial charge in [-0.3, -0.25) is 4.79 Å². The summed E-state index contributed by atoms with van der Waals surface area (Å²) in [5.74, 6) is 1.22. The minimum absolute atomic E-state index is 0.152. The average molecular weight is 292 g/mol. The Morgan fingerprint density at radius 2 is 2.15 bits per heavy atom. The van der Waals surface area contributed by atoms with E-state index in [0.717, 1.165) is 37.2 Å². The lowest BCUT2D eigenvalue weighted by atomic mass is 9.96. The van der Waals surface area contributed by atoms with Crippen molar-refractivity contribution in [2.75, 3.05) is 20.2 Å². The molecule has 108 valence electrons. The van der Waals surface area contributed by atoms with Gasteiger partial charge >= 0.3 is 0 Å². The Morgan fingerprint density at radius 1 is 1.45 bits per heavy atom. The van der Waals surface area contributed by atoms with Crippen molar-refractivity contribution in [3.63, 3.8) is 0 Å². The molecule has 0 aliphatic carbocycles. The maximum absolute atomic E-state index is 12.3. The Labute approximate surface area is 124 Å². The molecular formula is C15H20N2O2S. The molecule has 1 aromatic carbocycles. The number of carbonyl (C=O) groups is 1. The number of nitrogens with two attached hydrogens (primary N) is 1. The summed E-state index contributed by atoms with van der Waals surface area (Å²) in [6.45, 7) is 1.48. The molecule has 1 aromatic rings. The smallest absolute Gasteiger partial charge is 0.226 e. The second kappa shape index (κ2) is 6.70. The van der Waals surface area contributed by atoms with Crippen LogP contribution in [0.2, 0.25) is 0 Å². The SMILES string of the molecule is COc1cccc(CC(=O)N2CCC(C(N)=S)CC2)c1. The van der Waals surface area contributed by atoms with Gasteiger partial charge in [-0.15, -0.1) is 0 Å². The molecule has 1 saturated heterocycles. The van der Waals surface area contributed by atoms with Gasteiger partial charge in [0.25, 0.3) is 0 Å². The Kier molecular flexibility index (Phi) is 4.95. The van der Waals surface area contributed by atoms with Crippen LogP contribution >= 0.6 is 12.2 Å². The number of rotatable bonds is 4. The average Bonchev–Trinajstić information content (AvgIpc) is 2.47. The fourth-order valence-corrected chi connectivity index (χ4v) is 2.72. The zero-order valence-electron chi connectivity index (χ0n) is 11.7. The topological polar surface area (TPSA) is 55.6 Å². The van der Waals surface area contributed by atoms with E-state index in [2.05, 4.69) is 0 Å². The number of thiocarbonyl (C=S) groups is 1. The van der Waals surface area contributed by atoms with Crippen molar-refractivity contribution in [1.82, 2.24) is 4.90 Å². The summed E-state index contributed by atoms with van der Waals surface area (Å²) in [5, 5.41) is 0. The van der Waals surface area contributed by atoms with Gasteiger partial charge in [-0.1, -0.05) is 24.4 Å². The summed E-state index contributed by atoms with van der Waals surface area (Å²) in [5.41, 5.74) is 6.64. The van der Waals surface area contributed by atoms with Crippen LogP contribution in [0.1, 0.15) is 18.4 Å². The predicted molar refractivity (Wildman–Crippen MR) is 82.8 cm³/mol. The number of methoxy groups -OCH3 is 1.